The molecule has 1 atom stereocenters. The van der Waals surface area contributed by atoms with E-state index in [2.05, 4.69) is 85.8 Å². The molecule has 0 aromatic carbocycles. The second-order valence-corrected chi connectivity index (χ2v) is 17.7. The van der Waals surface area contributed by atoms with Gasteiger partial charge in [0.2, 0.25) is 0 Å². The van der Waals surface area contributed by atoms with Crippen LogP contribution in [0.4, 0.5) is 0 Å². The van der Waals surface area contributed by atoms with E-state index < -0.39 is 5.79 Å². The molecule has 0 saturated heterocycles. The Bertz CT molecular complexity index is 620. The van der Waals surface area contributed by atoms with Crippen molar-refractivity contribution in [1.82, 2.24) is 4.90 Å². The highest BCUT2D eigenvalue weighted by atomic mass is 16.7. The fraction of sp³-hybridized carbons (Fsp3) is 1.00. The Morgan fingerprint density at radius 1 is 0.429 bits per heavy atom. The molecular weight excluding hydrogens is 603 g/mol. The number of unbranched alkanes of at least 4 members (excludes halogenated alkanes) is 17. The number of nitrogens with two attached hydrogens (primary N) is 2. The molecule has 298 valence electrons. The molecule has 0 radical (unpaired) electrons. The van der Waals surface area contributed by atoms with Crippen LogP contribution in [-0.4, -0.2) is 43.5 Å². The first kappa shape index (κ1) is 50.9. The lowest BCUT2D eigenvalue weighted by Gasteiger charge is -2.38. The number of hydrazine groups is 1. The van der Waals surface area contributed by atoms with Gasteiger partial charge in [-0.15, -0.1) is 0 Å². The Labute approximate surface area is 310 Å². The molecule has 4 N–H and O–H groups in total. The largest absolute Gasteiger partial charge is 0.350 e. The molecule has 0 spiro atoms. The first-order chi connectivity index (χ1) is 23.4. The van der Waals surface area contributed by atoms with Crippen LogP contribution in [-0.2, 0) is 9.47 Å². The third-order valence-electron chi connectivity index (χ3n) is 10.3. The zero-order valence-electron chi connectivity index (χ0n) is 35.7. The van der Waals surface area contributed by atoms with Gasteiger partial charge >= 0.3 is 0 Å². The van der Waals surface area contributed by atoms with Crippen LogP contribution in [0.3, 0.4) is 0 Å². The van der Waals surface area contributed by atoms with Crippen molar-refractivity contribution in [3.05, 3.63) is 0 Å². The van der Waals surface area contributed by atoms with Crippen molar-refractivity contribution in [2.45, 2.75) is 236 Å². The molecule has 0 aliphatic heterocycles. The van der Waals surface area contributed by atoms with E-state index in [1.54, 1.807) is 0 Å². The van der Waals surface area contributed by atoms with Gasteiger partial charge in [-0.25, -0.2) is 0 Å². The first-order valence-corrected chi connectivity index (χ1v) is 21.7. The van der Waals surface area contributed by atoms with Crippen LogP contribution in [0.2, 0.25) is 0 Å². The lowest BCUT2D eigenvalue weighted by molar-refractivity contribution is -0.254. The summed E-state index contributed by atoms with van der Waals surface area (Å²) in [7, 11) is 0. The highest BCUT2D eigenvalue weighted by Crippen LogP contribution is 2.33. The molecule has 0 aromatic rings. The minimum atomic E-state index is -0.447. The average molecular weight is 698 g/mol. The molecular formula is C44H95N3O2. The zero-order valence-corrected chi connectivity index (χ0v) is 35.7. The Morgan fingerprint density at radius 3 is 1.14 bits per heavy atom. The minimum Gasteiger partial charge on any atom is -0.350 e. The highest BCUT2D eigenvalue weighted by Gasteiger charge is 2.35. The van der Waals surface area contributed by atoms with Gasteiger partial charge in [-0.05, 0) is 96.2 Å². The second kappa shape index (κ2) is 33.6. The minimum absolute atomic E-state index is 0.447. The highest BCUT2D eigenvalue weighted by molar-refractivity contribution is 4.77. The summed E-state index contributed by atoms with van der Waals surface area (Å²) >= 11 is 0. The summed E-state index contributed by atoms with van der Waals surface area (Å²) in [5, 5.41) is 0. The van der Waals surface area contributed by atoms with Gasteiger partial charge in [0, 0.05) is 19.1 Å². The third-order valence-corrected chi connectivity index (χ3v) is 10.3. The topological polar surface area (TPSA) is 73.7 Å². The quantitative estimate of drug-likeness (QED) is 0.0303. The van der Waals surface area contributed by atoms with Crippen LogP contribution in [0, 0.1) is 16.7 Å². The molecule has 0 aliphatic rings. The molecule has 49 heavy (non-hydrogen) atoms. The van der Waals surface area contributed by atoms with E-state index in [1.807, 2.05) is 0 Å². The molecule has 0 fully saturated rings. The molecule has 0 aliphatic carbocycles. The van der Waals surface area contributed by atoms with Crippen molar-refractivity contribution in [2.75, 3.05) is 32.8 Å². The average Bonchev–Trinajstić information content (AvgIpc) is 3.03. The summed E-state index contributed by atoms with van der Waals surface area (Å²) in [4.78, 5) is 2.83. The monoisotopic (exact) mass is 698 g/mol. The predicted octanol–water partition coefficient (Wildman–Crippen LogP) is 13.4. The molecule has 0 heterocycles. The van der Waals surface area contributed by atoms with Crippen molar-refractivity contribution in [1.29, 1.82) is 0 Å². The molecule has 1 unspecified atom stereocenters. The lowest BCUT2D eigenvalue weighted by Crippen LogP contribution is -2.41. The summed E-state index contributed by atoms with van der Waals surface area (Å²) in [5.41, 5.74) is 0.989. The molecule has 0 amide bonds. The van der Waals surface area contributed by atoms with Gasteiger partial charge in [-0.2, -0.15) is 0 Å². The maximum atomic E-state index is 6.34. The van der Waals surface area contributed by atoms with Crippen molar-refractivity contribution in [3.63, 3.8) is 0 Å². The summed E-state index contributed by atoms with van der Waals surface area (Å²) in [6.45, 7) is 28.3. The van der Waals surface area contributed by atoms with Gasteiger partial charge in [0.15, 0.2) is 5.79 Å². The number of rotatable bonds is 34. The smallest absolute Gasteiger partial charge is 0.168 e. The van der Waals surface area contributed by atoms with E-state index in [1.165, 1.54) is 180 Å². The predicted molar refractivity (Wildman–Crippen MR) is 220 cm³/mol. The molecule has 0 bridgehead atoms. The summed E-state index contributed by atoms with van der Waals surface area (Å²) in [6.07, 6.45) is 34.3. The first-order valence-electron chi connectivity index (χ1n) is 21.7. The van der Waals surface area contributed by atoms with Crippen LogP contribution >= 0.6 is 0 Å². The van der Waals surface area contributed by atoms with Crippen LogP contribution in [0.25, 0.3) is 0 Å². The van der Waals surface area contributed by atoms with E-state index in [0.717, 1.165) is 13.2 Å². The van der Waals surface area contributed by atoms with Gasteiger partial charge in [0.05, 0.1) is 0 Å². The van der Waals surface area contributed by atoms with Crippen LogP contribution in [0.5, 0.6) is 0 Å². The normalized spacial score (nSPS) is 13.2. The number of hydrogen-bond donors (Lipinski definition) is 2. The van der Waals surface area contributed by atoms with Crippen molar-refractivity contribution < 1.29 is 9.47 Å². The van der Waals surface area contributed by atoms with Gasteiger partial charge in [0.1, 0.15) is 0 Å². The lowest BCUT2D eigenvalue weighted by atomic mass is 9.88. The zero-order chi connectivity index (χ0) is 37.3. The van der Waals surface area contributed by atoms with Gasteiger partial charge in [-0.3, -0.25) is 11.7 Å². The Balaban J connectivity index is 0. The standard InChI is InChI=1S/C44H91NO2.H4N2/c1-11-14-15-16-23-28-34-41(44(10,46-12-2)47-13-3)35-33-40-45(38-31-26-21-17-19-24-29-36-42(4,5)6)39-32-27-22-18-20-25-30-37-43(7,8)9;1-2/h41H,11-40H2,1-10H3;1-2H2. The van der Waals surface area contributed by atoms with Crippen molar-refractivity contribution in [2.24, 2.45) is 28.4 Å². The summed E-state index contributed by atoms with van der Waals surface area (Å²) < 4.78 is 12.7. The molecule has 0 aromatic heterocycles. The third kappa shape index (κ3) is 34.6. The maximum Gasteiger partial charge on any atom is 0.168 e. The van der Waals surface area contributed by atoms with Gasteiger partial charge in [0.25, 0.3) is 0 Å². The van der Waals surface area contributed by atoms with Gasteiger partial charge in [-0.1, -0.05) is 164 Å². The molecule has 5 heteroatoms. The van der Waals surface area contributed by atoms with Crippen LogP contribution in [0.1, 0.15) is 230 Å². The van der Waals surface area contributed by atoms with Crippen LogP contribution < -0.4 is 11.7 Å². The van der Waals surface area contributed by atoms with E-state index in [-0.39, 0.29) is 0 Å². The molecule has 5 nitrogen and oxygen atoms in total. The Morgan fingerprint density at radius 2 is 0.755 bits per heavy atom. The maximum absolute atomic E-state index is 6.34. The Kier molecular flexibility index (Phi) is 34.9. The molecule has 0 rings (SSSR count). The Hall–Kier alpha value is -0.200. The van der Waals surface area contributed by atoms with Crippen LogP contribution in [0.15, 0.2) is 0 Å². The SMILES string of the molecule is CCCCCCCCC(CCCN(CCCCCCCCCC(C)(C)C)CCCCCCCCCC(C)(C)C)C(C)(OCC)OCC.NN. The number of ether oxygens (including phenoxy) is 2. The van der Waals surface area contributed by atoms with E-state index in [9.17, 15) is 0 Å². The number of nitrogens with zero attached hydrogens (tertiary/aromatic N) is 1. The van der Waals surface area contributed by atoms with E-state index in [4.69, 9.17) is 9.47 Å². The van der Waals surface area contributed by atoms with Gasteiger partial charge < -0.3 is 14.4 Å². The molecule has 0 saturated carbocycles. The van der Waals surface area contributed by atoms with Crippen molar-refractivity contribution >= 4 is 0 Å². The number of hydrogen-bond acceptors (Lipinski definition) is 5. The fourth-order valence-corrected chi connectivity index (χ4v) is 7.34. The second-order valence-electron chi connectivity index (χ2n) is 17.7. The fourth-order valence-electron chi connectivity index (χ4n) is 7.34. The summed E-state index contributed by atoms with van der Waals surface area (Å²) in [5.74, 6) is 8.03. The van der Waals surface area contributed by atoms with E-state index >= 15 is 0 Å². The summed E-state index contributed by atoms with van der Waals surface area (Å²) in [6, 6.07) is 0. The van der Waals surface area contributed by atoms with Crippen molar-refractivity contribution in [3.8, 4) is 0 Å². The van der Waals surface area contributed by atoms with E-state index in [0.29, 0.717) is 16.7 Å².